The maximum Gasteiger partial charge on any atom is 0.293 e. The minimum Gasteiger partial charge on any atom is -0.366 e. The van der Waals surface area contributed by atoms with Gasteiger partial charge < -0.3 is 14.7 Å². The van der Waals surface area contributed by atoms with Crippen molar-refractivity contribution in [2.45, 2.75) is 33.1 Å². The van der Waals surface area contributed by atoms with Crippen LogP contribution in [-0.2, 0) is 4.79 Å². The maximum atomic E-state index is 12.9. The van der Waals surface area contributed by atoms with Crippen molar-refractivity contribution in [1.29, 1.82) is 0 Å². The van der Waals surface area contributed by atoms with Crippen LogP contribution in [0.15, 0.2) is 18.2 Å². The third-order valence-corrected chi connectivity index (χ3v) is 5.49. The van der Waals surface area contributed by atoms with Crippen LogP contribution in [0.3, 0.4) is 0 Å². The Kier molecular flexibility index (Phi) is 6.16. The molecular formula is C20H28N4O4. The van der Waals surface area contributed by atoms with E-state index in [4.69, 9.17) is 0 Å². The maximum absolute atomic E-state index is 12.9. The summed E-state index contributed by atoms with van der Waals surface area (Å²) in [5.41, 5.74) is 0.908. The molecule has 28 heavy (non-hydrogen) atoms. The van der Waals surface area contributed by atoms with Gasteiger partial charge in [-0.2, -0.15) is 0 Å². The molecule has 2 saturated heterocycles. The van der Waals surface area contributed by atoms with Crippen LogP contribution in [0.2, 0.25) is 0 Å². The van der Waals surface area contributed by atoms with Crippen LogP contribution >= 0.6 is 0 Å². The van der Waals surface area contributed by atoms with Crippen molar-refractivity contribution >= 4 is 23.2 Å². The highest BCUT2D eigenvalue weighted by atomic mass is 16.6. The summed E-state index contributed by atoms with van der Waals surface area (Å²) in [6.07, 6.45) is 3.20. The van der Waals surface area contributed by atoms with Crippen LogP contribution in [0.1, 0.15) is 43.5 Å². The molecule has 0 radical (unpaired) electrons. The number of nitro groups is 1. The molecule has 0 aliphatic carbocycles. The summed E-state index contributed by atoms with van der Waals surface area (Å²) in [6, 6.07) is 4.79. The lowest BCUT2D eigenvalue weighted by molar-refractivity contribution is -0.384. The number of carbonyl (C=O) groups is 2. The zero-order valence-electron chi connectivity index (χ0n) is 16.6. The second kappa shape index (κ2) is 8.58. The van der Waals surface area contributed by atoms with E-state index in [1.165, 1.54) is 6.07 Å². The van der Waals surface area contributed by atoms with Gasteiger partial charge in [0.25, 0.3) is 11.6 Å². The van der Waals surface area contributed by atoms with Crippen LogP contribution in [0, 0.1) is 16.0 Å². The lowest BCUT2D eigenvalue weighted by atomic mass is 10.1. The molecule has 2 heterocycles. The minimum atomic E-state index is -0.403. The van der Waals surface area contributed by atoms with Crippen molar-refractivity contribution in [2.75, 3.05) is 44.2 Å². The van der Waals surface area contributed by atoms with Crippen molar-refractivity contribution in [3.8, 4) is 0 Å². The summed E-state index contributed by atoms with van der Waals surface area (Å²) < 4.78 is 0. The van der Waals surface area contributed by atoms with Gasteiger partial charge in [-0.15, -0.1) is 0 Å². The number of piperidine rings is 1. The lowest BCUT2D eigenvalue weighted by Gasteiger charge is -2.35. The standard InChI is InChI=1S/C20H28N4O4/c1-15(2)19(25)22-10-12-23(13-11-22)20(26)16-6-7-17(18(14-16)24(27)28)21-8-4-3-5-9-21/h6-7,14-15H,3-5,8-13H2,1-2H3. The van der Waals surface area contributed by atoms with E-state index in [9.17, 15) is 19.7 Å². The van der Waals surface area contributed by atoms with Crippen LogP contribution in [0.25, 0.3) is 0 Å². The largest absolute Gasteiger partial charge is 0.366 e. The van der Waals surface area contributed by atoms with Crippen LogP contribution in [-0.4, -0.2) is 65.8 Å². The predicted molar refractivity (Wildman–Crippen MR) is 106 cm³/mol. The third kappa shape index (κ3) is 4.26. The first-order valence-electron chi connectivity index (χ1n) is 10.00. The SMILES string of the molecule is CC(C)C(=O)N1CCN(C(=O)c2ccc(N3CCCCC3)c([N+](=O)[O-])c2)CC1. The Bertz CT molecular complexity index is 751. The molecule has 152 valence electrons. The molecule has 2 amide bonds. The number of benzene rings is 1. The van der Waals surface area contributed by atoms with Gasteiger partial charge in [-0.05, 0) is 31.4 Å². The number of piperazine rings is 1. The van der Waals surface area contributed by atoms with Gasteiger partial charge in [0.1, 0.15) is 5.69 Å². The highest BCUT2D eigenvalue weighted by Gasteiger charge is 2.28. The van der Waals surface area contributed by atoms with Gasteiger partial charge >= 0.3 is 0 Å². The third-order valence-electron chi connectivity index (χ3n) is 5.49. The smallest absolute Gasteiger partial charge is 0.293 e. The molecule has 0 bridgehead atoms. The first-order valence-corrected chi connectivity index (χ1v) is 10.00. The molecule has 8 heteroatoms. The molecule has 2 fully saturated rings. The van der Waals surface area contributed by atoms with E-state index < -0.39 is 4.92 Å². The Hall–Kier alpha value is -2.64. The molecule has 8 nitrogen and oxygen atoms in total. The quantitative estimate of drug-likeness (QED) is 0.584. The first kappa shape index (κ1) is 20.1. The van der Waals surface area contributed by atoms with E-state index in [2.05, 4.69) is 0 Å². The number of amides is 2. The Labute approximate surface area is 165 Å². The van der Waals surface area contributed by atoms with Crippen LogP contribution in [0.5, 0.6) is 0 Å². The molecular weight excluding hydrogens is 360 g/mol. The van der Waals surface area contributed by atoms with Gasteiger partial charge in [0.05, 0.1) is 4.92 Å². The van der Waals surface area contributed by atoms with Gasteiger partial charge in [0, 0.05) is 56.8 Å². The number of hydrogen-bond acceptors (Lipinski definition) is 5. The molecule has 0 aromatic heterocycles. The number of hydrogen-bond donors (Lipinski definition) is 0. The van der Waals surface area contributed by atoms with Gasteiger partial charge in [-0.25, -0.2) is 0 Å². The van der Waals surface area contributed by atoms with E-state index in [1.54, 1.807) is 21.9 Å². The molecule has 2 aliphatic rings. The Balaban J connectivity index is 1.73. The van der Waals surface area contributed by atoms with E-state index >= 15 is 0 Å². The average Bonchev–Trinajstić information content (AvgIpc) is 2.73. The summed E-state index contributed by atoms with van der Waals surface area (Å²) >= 11 is 0. The fraction of sp³-hybridized carbons (Fsp3) is 0.600. The molecule has 0 saturated carbocycles. The molecule has 0 N–H and O–H groups in total. The highest BCUT2D eigenvalue weighted by molar-refractivity contribution is 5.96. The number of rotatable bonds is 4. The minimum absolute atomic E-state index is 0.0126. The normalized spacial score (nSPS) is 17.8. The number of nitro benzene ring substituents is 1. The van der Waals surface area contributed by atoms with E-state index in [1.807, 2.05) is 18.7 Å². The monoisotopic (exact) mass is 388 g/mol. The summed E-state index contributed by atoms with van der Waals surface area (Å²) in [6.45, 7) is 7.22. The Morgan fingerprint density at radius 2 is 1.57 bits per heavy atom. The van der Waals surface area contributed by atoms with E-state index in [-0.39, 0.29) is 23.4 Å². The molecule has 2 aliphatic heterocycles. The van der Waals surface area contributed by atoms with Crippen molar-refractivity contribution in [1.82, 2.24) is 9.80 Å². The fourth-order valence-corrected chi connectivity index (χ4v) is 3.88. The molecule has 0 spiro atoms. The second-order valence-electron chi connectivity index (χ2n) is 7.78. The molecule has 0 atom stereocenters. The fourth-order valence-electron chi connectivity index (χ4n) is 3.88. The number of anilines is 1. The topological polar surface area (TPSA) is 87.0 Å². The van der Waals surface area contributed by atoms with Gasteiger partial charge in [0.15, 0.2) is 0 Å². The van der Waals surface area contributed by atoms with Crippen molar-refractivity contribution in [3.05, 3.63) is 33.9 Å². The zero-order valence-corrected chi connectivity index (χ0v) is 16.6. The predicted octanol–water partition coefficient (Wildman–Crippen LogP) is 2.53. The second-order valence-corrected chi connectivity index (χ2v) is 7.78. The summed E-state index contributed by atoms with van der Waals surface area (Å²) in [4.78, 5) is 41.6. The van der Waals surface area contributed by atoms with Crippen molar-refractivity contribution in [2.24, 2.45) is 5.92 Å². The molecule has 0 unspecified atom stereocenters. The molecule has 1 aromatic rings. The van der Waals surface area contributed by atoms with Crippen LogP contribution in [0.4, 0.5) is 11.4 Å². The van der Waals surface area contributed by atoms with E-state index in [0.29, 0.717) is 37.4 Å². The average molecular weight is 388 g/mol. The van der Waals surface area contributed by atoms with Crippen LogP contribution < -0.4 is 4.90 Å². The highest BCUT2D eigenvalue weighted by Crippen LogP contribution is 2.31. The summed E-state index contributed by atoms with van der Waals surface area (Å²) in [5, 5.41) is 11.6. The molecule has 1 aromatic carbocycles. The van der Waals surface area contributed by atoms with Gasteiger partial charge in [-0.3, -0.25) is 19.7 Å². The van der Waals surface area contributed by atoms with Gasteiger partial charge in [-0.1, -0.05) is 13.8 Å². The Morgan fingerprint density at radius 1 is 0.964 bits per heavy atom. The first-order chi connectivity index (χ1) is 13.4. The van der Waals surface area contributed by atoms with Crippen molar-refractivity contribution in [3.63, 3.8) is 0 Å². The van der Waals surface area contributed by atoms with Crippen molar-refractivity contribution < 1.29 is 14.5 Å². The number of carbonyl (C=O) groups excluding carboxylic acids is 2. The van der Waals surface area contributed by atoms with E-state index in [0.717, 1.165) is 32.4 Å². The zero-order chi connectivity index (χ0) is 20.3. The van der Waals surface area contributed by atoms with Gasteiger partial charge in [0.2, 0.25) is 5.91 Å². The lowest BCUT2D eigenvalue weighted by Crippen LogP contribution is -2.51. The Morgan fingerprint density at radius 3 is 2.14 bits per heavy atom. The number of nitrogens with zero attached hydrogens (tertiary/aromatic N) is 4. The summed E-state index contributed by atoms with van der Waals surface area (Å²) in [5.74, 6) is -0.189. The summed E-state index contributed by atoms with van der Waals surface area (Å²) in [7, 11) is 0. The molecule has 3 rings (SSSR count).